The molecule has 0 saturated carbocycles. The Hall–Kier alpha value is -3.31. The fourth-order valence-electron chi connectivity index (χ4n) is 3.93. The van der Waals surface area contributed by atoms with Gasteiger partial charge in [0.15, 0.2) is 0 Å². The van der Waals surface area contributed by atoms with Crippen LogP contribution in [0.1, 0.15) is 64.7 Å². The zero-order valence-corrected chi connectivity index (χ0v) is 23.9. The van der Waals surface area contributed by atoms with Crippen LogP contribution in [0.3, 0.4) is 0 Å². The minimum atomic E-state index is -0.545. The third kappa shape index (κ3) is 9.86. The lowest BCUT2D eigenvalue weighted by molar-refractivity contribution is -0.155. The van der Waals surface area contributed by atoms with Crippen LogP contribution in [0.25, 0.3) is 11.1 Å². The lowest BCUT2D eigenvalue weighted by Gasteiger charge is -2.20. The first-order valence-electron chi connectivity index (χ1n) is 12.8. The average Bonchev–Trinajstić information content (AvgIpc) is 2.80. The van der Waals surface area contributed by atoms with E-state index in [4.69, 9.17) is 25.8 Å². The van der Waals surface area contributed by atoms with Crippen molar-refractivity contribution < 1.29 is 23.8 Å². The van der Waals surface area contributed by atoms with Gasteiger partial charge in [0.05, 0.1) is 6.42 Å². The maximum Gasteiger partial charge on any atom is 0.310 e. The lowest BCUT2D eigenvalue weighted by atomic mass is 9.99. The van der Waals surface area contributed by atoms with Crippen LogP contribution in [0.5, 0.6) is 5.75 Å². The predicted octanol–water partition coefficient (Wildman–Crippen LogP) is 7.74. The molecule has 0 radical (unpaired) electrons. The Labute approximate surface area is 231 Å². The number of rotatable bonds is 9. The summed E-state index contributed by atoms with van der Waals surface area (Å²) in [5.41, 5.74) is 3.63. The molecule has 0 aliphatic rings. The zero-order chi connectivity index (χ0) is 27.9. The molecule has 0 atom stereocenters. The zero-order valence-electron chi connectivity index (χ0n) is 23.1. The number of hydrogen-bond donors (Lipinski definition) is 0. The number of aryl methyl sites for hydroxylation is 1. The summed E-state index contributed by atoms with van der Waals surface area (Å²) in [7, 11) is 0. The Balaban J connectivity index is 1.70. The van der Waals surface area contributed by atoms with Gasteiger partial charge in [-0.25, -0.2) is 0 Å². The standard InChI is InChI=1S/C32H37ClO5/c1-31(2,3)37-29(34)15-14-22-10-9-12-24(16-22)26-17-23(18-27(33)19-26)21-36-28-13-8-7-11-25(28)20-30(35)38-32(4,5)6/h7-13,16-19H,14-15,20-21H2,1-6H3. The van der Waals surface area contributed by atoms with Crippen LogP contribution in [0, 0.1) is 0 Å². The predicted molar refractivity (Wildman–Crippen MR) is 151 cm³/mol. The minimum Gasteiger partial charge on any atom is -0.489 e. The van der Waals surface area contributed by atoms with Crippen molar-refractivity contribution in [2.45, 2.75) is 78.6 Å². The molecule has 0 N–H and O–H groups in total. The van der Waals surface area contributed by atoms with Crippen molar-refractivity contribution in [2.75, 3.05) is 0 Å². The van der Waals surface area contributed by atoms with Gasteiger partial charge in [-0.2, -0.15) is 0 Å². The fourth-order valence-corrected chi connectivity index (χ4v) is 4.19. The first kappa shape index (κ1) is 29.2. The smallest absolute Gasteiger partial charge is 0.310 e. The van der Waals surface area contributed by atoms with Crippen LogP contribution >= 0.6 is 11.6 Å². The van der Waals surface area contributed by atoms with Crippen LogP contribution < -0.4 is 4.74 Å². The van der Waals surface area contributed by atoms with Crippen LogP contribution in [0.2, 0.25) is 5.02 Å². The van der Waals surface area contributed by atoms with E-state index in [-0.39, 0.29) is 25.0 Å². The molecule has 6 heteroatoms. The molecule has 0 unspecified atom stereocenters. The van der Waals surface area contributed by atoms with Crippen molar-refractivity contribution in [3.8, 4) is 16.9 Å². The highest BCUT2D eigenvalue weighted by molar-refractivity contribution is 6.31. The normalized spacial score (nSPS) is 11.7. The quantitative estimate of drug-likeness (QED) is 0.262. The summed E-state index contributed by atoms with van der Waals surface area (Å²) in [6.45, 7) is 11.4. The van der Waals surface area contributed by atoms with E-state index < -0.39 is 11.2 Å². The molecular formula is C32H37ClO5. The van der Waals surface area contributed by atoms with E-state index >= 15 is 0 Å². The first-order chi connectivity index (χ1) is 17.8. The summed E-state index contributed by atoms with van der Waals surface area (Å²) in [4.78, 5) is 24.5. The maximum absolute atomic E-state index is 12.4. The fraction of sp³-hybridized carbons (Fsp3) is 0.375. The van der Waals surface area contributed by atoms with Crippen molar-refractivity contribution in [1.29, 1.82) is 0 Å². The van der Waals surface area contributed by atoms with Crippen molar-refractivity contribution in [3.63, 3.8) is 0 Å². The summed E-state index contributed by atoms with van der Waals surface area (Å²) in [5.74, 6) is 0.117. The SMILES string of the molecule is CC(C)(C)OC(=O)CCc1cccc(-c2cc(Cl)cc(COc3ccccc3CC(=O)OC(C)(C)C)c2)c1. The Kier molecular flexibility index (Phi) is 9.61. The highest BCUT2D eigenvalue weighted by atomic mass is 35.5. The van der Waals surface area contributed by atoms with Gasteiger partial charge in [-0.05, 0) is 94.5 Å². The van der Waals surface area contributed by atoms with Gasteiger partial charge in [0.25, 0.3) is 0 Å². The molecule has 0 aliphatic heterocycles. The Morgan fingerprint density at radius 2 is 1.39 bits per heavy atom. The second-order valence-electron chi connectivity index (χ2n) is 11.3. The Morgan fingerprint density at radius 1 is 0.737 bits per heavy atom. The lowest BCUT2D eigenvalue weighted by Crippen LogP contribution is -2.25. The van der Waals surface area contributed by atoms with Gasteiger partial charge in [0, 0.05) is 17.0 Å². The molecule has 3 rings (SSSR count). The van der Waals surface area contributed by atoms with Crippen LogP contribution in [-0.2, 0) is 38.5 Å². The van der Waals surface area contributed by atoms with E-state index in [0.29, 0.717) is 23.6 Å². The number of halogens is 1. The number of hydrogen-bond acceptors (Lipinski definition) is 5. The molecule has 38 heavy (non-hydrogen) atoms. The summed E-state index contributed by atoms with van der Waals surface area (Å²) in [6.07, 6.45) is 1.04. The third-order valence-corrected chi connectivity index (χ3v) is 5.60. The van der Waals surface area contributed by atoms with Crippen molar-refractivity contribution in [2.24, 2.45) is 0 Å². The monoisotopic (exact) mass is 536 g/mol. The Morgan fingerprint density at radius 3 is 2.11 bits per heavy atom. The first-order valence-corrected chi connectivity index (χ1v) is 13.2. The molecule has 3 aromatic rings. The molecule has 0 spiro atoms. The van der Waals surface area contributed by atoms with Crippen molar-refractivity contribution in [1.82, 2.24) is 0 Å². The molecule has 0 amide bonds. The molecule has 0 fully saturated rings. The summed E-state index contributed by atoms with van der Waals surface area (Å²) < 4.78 is 17.0. The molecule has 202 valence electrons. The number of para-hydroxylation sites is 1. The van der Waals surface area contributed by atoms with E-state index in [1.165, 1.54) is 0 Å². The number of carbonyl (C=O) groups excluding carboxylic acids is 2. The average molecular weight is 537 g/mol. The molecule has 0 heterocycles. The largest absolute Gasteiger partial charge is 0.489 e. The van der Waals surface area contributed by atoms with Crippen molar-refractivity contribution in [3.05, 3.63) is 88.4 Å². The number of carbonyl (C=O) groups is 2. The minimum absolute atomic E-state index is 0.129. The third-order valence-electron chi connectivity index (χ3n) is 5.38. The second-order valence-corrected chi connectivity index (χ2v) is 11.7. The second kappa shape index (κ2) is 12.5. The molecule has 5 nitrogen and oxygen atoms in total. The molecule has 0 aromatic heterocycles. The highest BCUT2D eigenvalue weighted by Crippen LogP contribution is 2.28. The van der Waals surface area contributed by atoms with Gasteiger partial charge in [-0.1, -0.05) is 54.1 Å². The molecule has 0 bridgehead atoms. The molecule has 3 aromatic carbocycles. The van der Waals surface area contributed by atoms with E-state index in [1.807, 2.05) is 102 Å². The highest BCUT2D eigenvalue weighted by Gasteiger charge is 2.18. The van der Waals surface area contributed by atoms with Gasteiger partial charge in [0.1, 0.15) is 23.6 Å². The summed E-state index contributed by atoms with van der Waals surface area (Å²) in [6, 6.07) is 21.3. The van der Waals surface area contributed by atoms with Crippen molar-refractivity contribution >= 4 is 23.5 Å². The topological polar surface area (TPSA) is 61.8 Å². The summed E-state index contributed by atoms with van der Waals surface area (Å²) >= 11 is 6.47. The van der Waals surface area contributed by atoms with E-state index in [1.54, 1.807) is 0 Å². The number of esters is 2. The number of ether oxygens (including phenoxy) is 3. The van der Waals surface area contributed by atoms with Crippen LogP contribution in [-0.4, -0.2) is 23.1 Å². The molecular weight excluding hydrogens is 500 g/mol. The van der Waals surface area contributed by atoms with Gasteiger partial charge in [-0.3, -0.25) is 9.59 Å². The van der Waals surface area contributed by atoms with E-state index in [9.17, 15) is 9.59 Å². The maximum atomic E-state index is 12.4. The van der Waals surface area contributed by atoms with E-state index in [2.05, 4.69) is 6.07 Å². The van der Waals surface area contributed by atoms with E-state index in [0.717, 1.165) is 27.8 Å². The van der Waals surface area contributed by atoms with Gasteiger partial charge < -0.3 is 14.2 Å². The van der Waals surface area contributed by atoms with Crippen LogP contribution in [0.15, 0.2) is 66.7 Å². The van der Waals surface area contributed by atoms with Gasteiger partial charge >= 0.3 is 11.9 Å². The van der Waals surface area contributed by atoms with Gasteiger partial charge in [0.2, 0.25) is 0 Å². The molecule has 0 saturated heterocycles. The number of benzene rings is 3. The van der Waals surface area contributed by atoms with Crippen LogP contribution in [0.4, 0.5) is 0 Å². The molecule has 0 aliphatic carbocycles. The van der Waals surface area contributed by atoms with Gasteiger partial charge in [-0.15, -0.1) is 0 Å². The Bertz CT molecular complexity index is 1270. The summed E-state index contributed by atoms with van der Waals surface area (Å²) in [5, 5.41) is 0.599.